The molecule has 1 amide bonds. The lowest BCUT2D eigenvalue weighted by Gasteiger charge is -2.04. The van der Waals surface area contributed by atoms with Gasteiger partial charge in [-0.15, -0.1) is 0 Å². The highest BCUT2D eigenvalue weighted by molar-refractivity contribution is 6.03. The molecule has 0 saturated heterocycles. The predicted molar refractivity (Wildman–Crippen MR) is 71.4 cm³/mol. The first-order valence-corrected chi connectivity index (χ1v) is 5.82. The fraction of sp³-hybridized carbons (Fsp3) is 0.143. The summed E-state index contributed by atoms with van der Waals surface area (Å²) in [5.41, 5.74) is 1.38. The van der Waals surface area contributed by atoms with Crippen molar-refractivity contribution in [3.8, 4) is 11.4 Å². The highest BCUT2D eigenvalue weighted by Crippen LogP contribution is 2.14. The van der Waals surface area contributed by atoms with Gasteiger partial charge in [-0.1, -0.05) is 30.3 Å². The molecule has 5 heteroatoms. The average Bonchev–Trinajstić information content (AvgIpc) is 2.39. The van der Waals surface area contributed by atoms with Crippen molar-refractivity contribution in [2.24, 2.45) is 0 Å². The van der Waals surface area contributed by atoms with Gasteiger partial charge in [0.05, 0.1) is 24.5 Å². The fourth-order valence-electron chi connectivity index (χ4n) is 1.56. The number of ketones is 1. The second-order valence-electron chi connectivity index (χ2n) is 4.09. The number of hydrogen-bond acceptors (Lipinski definition) is 4. The number of rotatable bonds is 4. The minimum atomic E-state index is -0.358. The first-order valence-electron chi connectivity index (χ1n) is 5.82. The molecule has 0 aliphatic carbocycles. The van der Waals surface area contributed by atoms with Crippen molar-refractivity contribution in [2.75, 3.05) is 5.32 Å². The summed E-state index contributed by atoms with van der Waals surface area (Å²) in [4.78, 5) is 30.5. The van der Waals surface area contributed by atoms with E-state index in [9.17, 15) is 9.59 Å². The molecule has 96 valence electrons. The van der Waals surface area contributed by atoms with Crippen LogP contribution in [0.4, 0.5) is 5.69 Å². The molecule has 2 rings (SSSR count). The third-order valence-electron chi connectivity index (χ3n) is 2.38. The first-order chi connectivity index (χ1) is 9.15. The Bertz CT molecular complexity index is 579. The standard InChI is InChI=1S/C14H13N3O2/c1-10(18)7-13(19)17-12-8-15-14(16-9-12)11-5-3-2-4-6-11/h2-6,8-9H,7H2,1H3,(H,17,19). The van der Waals surface area contributed by atoms with E-state index in [1.165, 1.54) is 19.3 Å². The van der Waals surface area contributed by atoms with Crippen molar-refractivity contribution in [1.82, 2.24) is 9.97 Å². The summed E-state index contributed by atoms with van der Waals surface area (Å²) in [7, 11) is 0. The van der Waals surface area contributed by atoms with Crippen LogP contribution in [0.1, 0.15) is 13.3 Å². The molecule has 0 aliphatic rings. The molecule has 2 aromatic rings. The van der Waals surface area contributed by atoms with Crippen LogP contribution in [0.3, 0.4) is 0 Å². The Kier molecular flexibility index (Phi) is 3.97. The van der Waals surface area contributed by atoms with Gasteiger partial charge in [-0.3, -0.25) is 9.59 Å². The van der Waals surface area contributed by atoms with Gasteiger partial charge in [-0.25, -0.2) is 9.97 Å². The van der Waals surface area contributed by atoms with E-state index < -0.39 is 0 Å². The predicted octanol–water partition coefficient (Wildman–Crippen LogP) is 2.06. The Balaban J connectivity index is 2.07. The molecule has 0 unspecified atom stereocenters. The van der Waals surface area contributed by atoms with E-state index in [1.54, 1.807) is 0 Å². The van der Waals surface area contributed by atoms with Crippen LogP contribution in [0.2, 0.25) is 0 Å². The number of benzene rings is 1. The summed E-state index contributed by atoms with van der Waals surface area (Å²) in [5, 5.41) is 2.57. The normalized spacial score (nSPS) is 9.95. The van der Waals surface area contributed by atoms with Gasteiger partial charge in [-0.2, -0.15) is 0 Å². The van der Waals surface area contributed by atoms with Crippen molar-refractivity contribution in [3.63, 3.8) is 0 Å². The maximum atomic E-state index is 11.4. The molecule has 1 heterocycles. The Hall–Kier alpha value is -2.56. The molecule has 1 aromatic heterocycles. The number of hydrogen-bond donors (Lipinski definition) is 1. The van der Waals surface area contributed by atoms with Crippen molar-refractivity contribution >= 4 is 17.4 Å². The van der Waals surface area contributed by atoms with E-state index in [4.69, 9.17) is 0 Å². The number of amides is 1. The van der Waals surface area contributed by atoms with Gasteiger partial charge in [0.2, 0.25) is 5.91 Å². The summed E-state index contributed by atoms with van der Waals surface area (Å²) >= 11 is 0. The largest absolute Gasteiger partial charge is 0.323 e. The number of aromatic nitrogens is 2. The lowest BCUT2D eigenvalue weighted by molar-refractivity contribution is -0.124. The monoisotopic (exact) mass is 255 g/mol. The van der Waals surface area contributed by atoms with Crippen LogP contribution in [0, 0.1) is 0 Å². The Morgan fingerprint density at radius 2 is 1.74 bits per heavy atom. The third-order valence-corrected chi connectivity index (χ3v) is 2.38. The van der Waals surface area contributed by atoms with Gasteiger partial charge in [0.25, 0.3) is 0 Å². The number of carbonyl (C=O) groups is 2. The Labute approximate surface area is 110 Å². The average molecular weight is 255 g/mol. The summed E-state index contributed by atoms with van der Waals surface area (Å²) in [6.07, 6.45) is 2.90. The second kappa shape index (κ2) is 5.86. The molecule has 0 radical (unpaired) electrons. The summed E-state index contributed by atoms with van der Waals surface area (Å²) in [5.74, 6) is 0.0491. The highest BCUT2D eigenvalue weighted by atomic mass is 16.2. The van der Waals surface area contributed by atoms with E-state index in [0.717, 1.165) is 5.56 Å². The summed E-state index contributed by atoms with van der Waals surface area (Å²) in [6, 6.07) is 9.54. The van der Waals surface area contributed by atoms with Crippen molar-refractivity contribution in [2.45, 2.75) is 13.3 Å². The van der Waals surface area contributed by atoms with Crippen molar-refractivity contribution < 1.29 is 9.59 Å². The third kappa shape index (κ3) is 3.70. The van der Waals surface area contributed by atoms with Crippen LogP contribution in [0.15, 0.2) is 42.7 Å². The molecule has 0 fully saturated rings. The van der Waals surface area contributed by atoms with Crippen LogP contribution >= 0.6 is 0 Å². The van der Waals surface area contributed by atoms with Crippen LogP contribution in [0.5, 0.6) is 0 Å². The molecule has 0 bridgehead atoms. The van der Waals surface area contributed by atoms with E-state index in [-0.39, 0.29) is 18.1 Å². The van der Waals surface area contributed by atoms with E-state index >= 15 is 0 Å². The molecule has 0 saturated carbocycles. The van der Waals surface area contributed by atoms with Gasteiger partial charge in [-0.05, 0) is 6.92 Å². The van der Waals surface area contributed by atoms with E-state index in [2.05, 4.69) is 15.3 Å². The maximum absolute atomic E-state index is 11.4. The zero-order valence-corrected chi connectivity index (χ0v) is 10.5. The molecular formula is C14H13N3O2. The SMILES string of the molecule is CC(=O)CC(=O)Nc1cnc(-c2ccccc2)nc1. The zero-order valence-electron chi connectivity index (χ0n) is 10.5. The molecule has 0 aliphatic heterocycles. The minimum Gasteiger partial charge on any atom is -0.323 e. The highest BCUT2D eigenvalue weighted by Gasteiger charge is 2.06. The Morgan fingerprint density at radius 3 is 2.32 bits per heavy atom. The topological polar surface area (TPSA) is 72.0 Å². The fourth-order valence-corrected chi connectivity index (χ4v) is 1.56. The molecule has 1 N–H and O–H groups in total. The first kappa shape index (κ1) is 12.9. The smallest absolute Gasteiger partial charge is 0.231 e. The van der Waals surface area contributed by atoms with Crippen LogP contribution < -0.4 is 5.32 Å². The molecule has 19 heavy (non-hydrogen) atoms. The van der Waals surface area contributed by atoms with Gasteiger partial charge < -0.3 is 5.32 Å². The van der Waals surface area contributed by atoms with Gasteiger partial charge in [0.1, 0.15) is 5.78 Å². The molecule has 5 nitrogen and oxygen atoms in total. The van der Waals surface area contributed by atoms with Crippen LogP contribution in [-0.4, -0.2) is 21.7 Å². The van der Waals surface area contributed by atoms with Crippen molar-refractivity contribution in [1.29, 1.82) is 0 Å². The quantitative estimate of drug-likeness (QED) is 0.849. The van der Waals surface area contributed by atoms with E-state index in [1.807, 2.05) is 30.3 Å². The number of nitrogens with one attached hydrogen (secondary N) is 1. The minimum absolute atomic E-state index is 0.138. The summed E-state index contributed by atoms with van der Waals surface area (Å²) in [6.45, 7) is 1.37. The Morgan fingerprint density at radius 1 is 1.11 bits per heavy atom. The molecular weight excluding hydrogens is 242 g/mol. The summed E-state index contributed by atoms with van der Waals surface area (Å²) < 4.78 is 0. The lowest BCUT2D eigenvalue weighted by atomic mass is 10.2. The van der Waals surface area contributed by atoms with Gasteiger partial charge in [0, 0.05) is 5.56 Å². The molecule has 0 atom stereocenters. The van der Waals surface area contributed by atoms with Gasteiger partial charge >= 0.3 is 0 Å². The van der Waals surface area contributed by atoms with Crippen LogP contribution in [-0.2, 0) is 9.59 Å². The second-order valence-corrected chi connectivity index (χ2v) is 4.09. The lowest BCUT2D eigenvalue weighted by Crippen LogP contribution is -2.15. The van der Waals surface area contributed by atoms with Crippen molar-refractivity contribution in [3.05, 3.63) is 42.7 Å². The van der Waals surface area contributed by atoms with E-state index in [0.29, 0.717) is 11.5 Å². The zero-order chi connectivity index (χ0) is 13.7. The molecule has 0 spiro atoms. The molecule has 1 aromatic carbocycles. The maximum Gasteiger partial charge on any atom is 0.231 e. The number of carbonyl (C=O) groups excluding carboxylic acids is 2. The van der Waals surface area contributed by atoms with Gasteiger partial charge in [0.15, 0.2) is 5.82 Å². The number of nitrogens with zero attached hydrogens (tertiary/aromatic N) is 2. The number of anilines is 1. The number of Topliss-reactive ketones (excluding diaryl/α,β-unsaturated/α-hetero) is 1. The van der Waals surface area contributed by atoms with Crippen LogP contribution in [0.25, 0.3) is 11.4 Å².